The van der Waals surface area contributed by atoms with Gasteiger partial charge in [-0.1, -0.05) is 23.7 Å². The number of fused-ring (bicyclic) bond motifs is 4. The van der Waals surface area contributed by atoms with Crippen molar-refractivity contribution in [1.29, 1.82) is 0 Å². The zero-order valence-corrected chi connectivity index (χ0v) is 13.1. The van der Waals surface area contributed by atoms with Gasteiger partial charge in [-0.05, 0) is 66.9 Å². The highest BCUT2D eigenvalue weighted by Gasteiger charge is 2.34. The van der Waals surface area contributed by atoms with Crippen LogP contribution in [0.15, 0.2) is 36.4 Å². The maximum Gasteiger partial charge on any atom is 0.251 e. The number of carbonyl (C=O) groups excluding carboxylic acids is 1. The molecule has 3 nitrogen and oxygen atoms in total. The Morgan fingerprint density at radius 2 is 1.86 bits per heavy atom. The second-order valence-electron chi connectivity index (χ2n) is 6.42. The Labute approximate surface area is 135 Å². The minimum Gasteiger partial charge on any atom is -0.348 e. The van der Waals surface area contributed by atoms with Gasteiger partial charge in [0.2, 0.25) is 0 Å². The van der Waals surface area contributed by atoms with Crippen LogP contribution >= 0.6 is 11.6 Å². The summed E-state index contributed by atoms with van der Waals surface area (Å²) in [5.74, 6) is 0.671. The summed E-state index contributed by atoms with van der Waals surface area (Å²) < 4.78 is 0. The number of carbonyl (C=O) groups is 1. The van der Waals surface area contributed by atoms with Gasteiger partial charge in [0.05, 0.1) is 0 Å². The van der Waals surface area contributed by atoms with Gasteiger partial charge in [0.15, 0.2) is 0 Å². The topological polar surface area (TPSA) is 32.3 Å². The number of hydrogen-bond acceptors (Lipinski definition) is 2. The normalized spacial score (nSPS) is 27.0. The molecule has 22 heavy (non-hydrogen) atoms. The van der Waals surface area contributed by atoms with Crippen molar-refractivity contribution in [2.75, 3.05) is 19.6 Å². The van der Waals surface area contributed by atoms with Crippen LogP contribution in [-0.4, -0.2) is 36.5 Å². The first kappa shape index (κ1) is 14.0. The number of halogens is 1. The van der Waals surface area contributed by atoms with Crippen LogP contribution in [0.5, 0.6) is 0 Å². The Morgan fingerprint density at radius 1 is 1.09 bits per heavy atom. The van der Waals surface area contributed by atoms with Crippen LogP contribution in [0, 0.1) is 5.92 Å². The maximum atomic E-state index is 12.6. The van der Waals surface area contributed by atoms with Gasteiger partial charge in [0, 0.05) is 23.2 Å². The first-order chi connectivity index (χ1) is 10.7. The molecule has 1 unspecified atom stereocenters. The molecule has 114 valence electrons. The summed E-state index contributed by atoms with van der Waals surface area (Å²) in [7, 11) is 0. The van der Waals surface area contributed by atoms with Gasteiger partial charge < -0.3 is 10.2 Å². The summed E-state index contributed by atoms with van der Waals surface area (Å²) in [5, 5.41) is 6.04. The lowest BCUT2D eigenvalue weighted by Gasteiger charge is -2.44. The minimum absolute atomic E-state index is 0.0284. The highest BCUT2D eigenvalue weighted by Crippen LogP contribution is 2.28. The lowest BCUT2D eigenvalue weighted by molar-refractivity contribution is 0.0620. The Bertz CT molecular complexity index is 722. The molecule has 1 N–H and O–H groups in total. The van der Waals surface area contributed by atoms with E-state index in [-0.39, 0.29) is 5.91 Å². The summed E-state index contributed by atoms with van der Waals surface area (Å²) in [5.41, 5.74) is 0.714. The van der Waals surface area contributed by atoms with E-state index in [0.29, 0.717) is 22.5 Å². The molecule has 3 fully saturated rings. The van der Waals surface area contributed by atoms with E-state index in [1.807, 2.05) is 36.4 Å². The van der Waals surface area contributed by atoms with Gasteiger partial charge in [-0.2, -0.15) is 0 Å². The third-order valence-electron chi connectivity index (χ3n) is 5.04. The smallest absolute Gasteiger partial charge is 0.251 e. The van der Waals surface area contributed by atoms with Crippen molar-refractivity contribution in [2.45, 2.75) is 18.9 Å². The van der Waals surface area contributed by atoms with E-state index in [4.69, 9.17) is 11.6 Å². The number of piperidine rings is 3. The summed E-state index contributed by atoms with van der Waals surface area (Å²) in [4.78, 5) is 15.0. The van der Waals surface area contributed by atoms with E-state index < -0.39 is 0 Å². The van der Waals surface area contributed by atoms with Crippen molar-refractivity contribution in [2.24, 2.45) is 5.92 Å². The van der Waals surface area contributed by atoms with E-state index in [1.54, 1.807) is 0 Å². The summed E-state index contributed by atoms with van der Waals surface area (Å²) in [6, 6.07) is 11.9. The number of rotatable bonds is 2. The number of hydrogen-bond donors (Lipinski definition) is 1. The molecule has 4 heteroatoms. The molecule has 2 aromatic rings. The van der Waals surface area contributed by atoms with Crippen molar-refractivity contribution in [1.82, 2.24) is 10.2 Å². The first-order valence-corrected chi connectivity index (χ1v) is 8.29. The number of benzene rings is 2. The molecular weight excluding hydrogens is 296 g/mol. The molecule has 1 amide bonds. The SMILES string of the molecule is O=C(NC1CN2CCC1CC2)c1ccc2ccc(Cl)cc2c1. The molecule has 0 spiro atoms. The van der Waals surface area contributed by atoms with Crippen LogP contribution in [0.2, 0.25) is 5.02 Å². The molecule has 0 aliphatic carbocycles. The third-order valence-corrected chi connectivity index (χ3v) is 5.27. The summed E-state index contributed by atoms with van der Waals surface area (Å²) >= 11 is 6.04. The molecule has 2 aromatic carbocycles. The predicted molar refractivity (Wildman–Crippen MR) is 89.4 cm³/mol. The summed E-state index contributed by atoms with van der Waals surface area (Å²) in [6.07, 6.45) is 2.41. The van der Waals surface area contributed by atoms with Crippen molar-refractivity contribution >= 4 is 28.3 Å². The average molecular weight is 315 g/mol. The Morgan fingerprint density at radius 3 is 2.59 bits per heavy atom. The van der Waals surface area contributed by atoms with Crippen molar-refractivity contribution in [3.8, 4) is 0 Å². The van der Waals surface area contributed by atoms with Crippen LogP contribution in [0.3, 0.4) is 0 Å². The molecular formula is C18H19ClN2O. The minimum atomic E-state index is 0.0284. The second kappa shape index (κ2) is 5.56. The average Bonchev–Trinajstić information content (AvgIpc) is 2.55. The Kier molecular flexibility index (Phi) is 3.55. The van der Waals surface area contributed by atoms with E-state index in [2.05, 4.69) is 10.2 Å². The quantitative estimate of drug-likeness (QED) is 0.922. The third kappa shape index (κ3) is 2.59. The van der Waals surface area contributed by atoms with E-state index >= 15 is 0 Å². The lowest BCUT2D eigenvalue weighted by Crippen LogP contribution is -2.57. The lowest BCUT2D eigenvalue weighted by atomic mass is 9.84. The molecule has 1 atom stereocenters. The van der Waals surface area contributed by atoms with Gasteiger partial charge in [0.25, 0.3) is 5.91 Å². The molecule has 3 aliphatic heterocycles. The van der Waals surface area contributed by atoms with Crippen molar-refractivity contribution in [3.05, 3.63) is 47.0 Å². The van der Waals surface area contributed by atoms with Crippen molar-refractivity contribution in [3.63, 3.8) is 0 Å². The fourth-order valence-electron chi connectivity index (χ4n) is 3.74. The highest BCUT2D eigenvalue weighted by atomic mass is 35.5. The zero-order chi connectivity index (χ0) is 15.1. The van der Waals surface area contributed by atoms with E-state index in [1.165, 1.54) is 25.9 Å². The number of nitrogens with one attached hydrogen (secondary N) is 1. The molecule has 3 saturated heterocycles. The first-order valence-electron chi connectivity index (χ1n) is 7.91. The van der Waals surface area contributed by atoms with Crippen LogP contribution < -0.4 is 5.32 Å². The second-order valence-corrected chi connectivity index (χ2v) is 6.86. The molecule has 0 aromatic heterocycles. The highest BCUT2D eigenvalue weighted by molar-refractivity contribution is 6.31. The summed E-state index contributed by atoms with van der Waals surface area (Å²) in [6.45, 7) is 3.37. The fourth-order valence-corrected chi connectivity index (χ4v) is 3.92. The van der Waals surface area contributed by atoms with Gasteiger partial charge in [-0.25, -0.2) is 0 Å². The van der Waals surface area contributed by atoms with E-state index in [0.717, 1.165) is 17.3 Å². The Balaban J connectivity index is 1.55. The van der Waals surface area contributed by atoms with Crippen molar-refractivity contribution < 1.29 is 4.79 Å². The molecule has 5 rings (SSSR count). The van der Waals surface area contributed by atoms with Crippen LogP contribution in [0.4, 0.5) is 0 Å². The van der Waals surface area contributed by atoms with Gasteiger partial charge in [0.1, 0.15) is 0 Å². The monoisotopic (exact) mass is 314 g/mol. The number of amides is 1. The van der Waals surface area contributed by atoms with Gasteiger partial charge in [-0.15, -0.1) is 0 Å². The molecule has 3 heterocycles. The van der Waals surface area contributed by atoms with Gasteiger partial charge >= 0.3 is 0 Å². The van der Waals surface area contributed by atoms with Crippen LogP contribution in [0.25, 0.3) is 10.8 Å². The fraction of sp³-hybridized carbons (Fsp3) is 0.389. The van der Waals surface area contributed by atoms with Crippen LogP contribution in [-0.2, 0) is 0 Å². The zero-order valence-electron chi connectivity index (χ0n) is 12.4. The molecule has 2 bridgehead atoms. The largest absolute Gasteiger partial charge is 0.348 e. The van der Waals surface area contributed by atoms with E-state index in [9.17, 15) is 4.79 Å². The standard InChI is InChI=1S/C18H19ClN2O/c19-16-4-3-12-1-2-14(9-15(12)10-16)18(22)20-17-11-21-7-5-13(17)6-8-21/h1-4,9-10,13,17H,5-8,11H2,(H,20,22). The Hall–Kier alpha value is -1.58. The van der Waals surface area contributed by atoms with Crippen LogP contribution in [0.1, 0.15) is 23.2 Å². The molecule has 0 saturated carbocycles. The predicted octanol–water partition coefficient (Wildman–Crippen LogP) is 3.32. The van der Waals surface area contributed by atoms with Gasteiger partial charge in [-0.3, -0.25) is 4.79 Å². The molecule has 0 radical (unpaired) electrons. The molecule has 3 aliphatic rings. The number of nitrogens with zero attached hydrogens (tertiary/aromatic N) is 1. The maximum absolute atomic E-state index is 12.6.